The number of amidine groups is 1. The van der Waals surface area contributed by atoms with E-state index in [9.17, 15) is 0 Å². The van der Waals surface area contributed by atoms with Crippen molar-refractivity contribution in [2.24, 2.45) is 10.9 Å². The molecular formula is C11H18N4O2. The Kier molecular flexibility index (Phi) is 5.22. The number of hydrogen-bond acceptors (Lipinski definition) is 5. The van der Waals surface area contributed by atoms with Crippen LogP contribution in [0, 0.1) is 0 Å². The van der Waals surface area contributed by atoms with Gasteiger partial charge in [-0.3, -0.25) is 0 Å². The topological polar surface area (TPSA) is 95.0 Å². The molecule has 0 bridgehead atoms. The molecule has 0 unspecified atom stereocenters. The van der Waals surface area contributed by atoms with Gasteiger partial charge in [-0.15, -0.1) is 0 Å². The maximum absolute atomic E-state index is 8.96. The van der Waals surface area contributed by atoms with Crippen LogP contribution in [0.4, 0.5) is 5.82 Å². The predicted molar refractivity (Wildman–Crippen MR) is 66.3 cm³/mol. The van der Waals surface area contributed by atoms with Crippen molar-refractivity contribution in [3.63, 3.8) is 0 Å². The van der Waals surface area contributed by atoms with E-state index in [0.717, 1.165) is 18.8 Å². The molecule has 0 amide bonds. The standard InChI is InChI=1S/C11H18N4O2/c1-2-5-15(6-7-16)10-4-3-9(8-13-10)11(12)14-17/h3-4,8,16-17H,2,5-7H2,1H3,(H2,12,14). The number of rotatable bonds is 6. The van der Waals surface area contributed by atoms with Crippen molar-refractivity contribution >= 4 is 11.7 Å². The Morgan fingerprint density at radius 1 is 1.47 bits per heavy atom. The summed E-state index contributed by atoms with van der Waals surface area (Å²) in [5, 5.41) is 20.4. The first-order valence-corrected chi connectivity index (χ1v) is 5.52. The molecule has 1 rings (SSSR count). The van der Waals surface area contributed by atoms with Gasteiger partial charge in [-0.1, -0.05) is 12.1 Å². The third-order valence-electron chi connectivity index (χ3n) is 2.34. The fourth-order valence-corrected chi connectivity index (χ4v) is 1.51. The van der Waals surface area contributed by atoms with Crippen molar-refractivity contribution in [3.05, 3.63) is 23.9 Å². The van der Waals surface area contributed by atoms with Gasteiger partial charge < -0.3 is 20.9 Å². The quantitative estimate of drug-likeness (QED) is 0.288. The van der Waals surface area contributed by atoms with E-state index >= 15 is 0 Å². The lowest BCUT2D eigenvalue weighted by molar-refractivity contribution is 0.301. The summed E-state index contributed by atoms with van der Waals surface area (Å²) < 4.78 is 0. The summed E-state index contributed by atoms with van der Waals surface area (Å²) in [6.45, 7) is 3.53. The number of aliphatic hydroxyl groups excluding tert-OH is 1. The van der Waals surface area contributed by atoms with Gasteiger partial charge in [0, 0.05) is 24.8 Å². The van der Waals surface area contributed by atoms with Crippen molar-refractivity contribution in [1.29, 1.82) is 0 Å². The SMILES string of the molecule is CCCN(CCO)c1ccc(/C(N)=N/O)cn1. The smallest absolute Gasteiger partial charge is 0.171 e. The highest BCUT2D eigenvalue weighted by molar-refractivity contribution is 5.96. The van der Waals surface area contributed by atoms with Crippen molar-refractivity contribution < 1.29 is 10.3 Å². The summed E-state index contributed by atoms with van der Waals surface area (Å²) in [5.41, 5.74) is 6.01. The molecule has 0 atom stereocenters. The van der Waals surface area contributed by atoms with E-state index < -0.39 is 0 Å². The summed E-state index contributed by atoms with van der Waals surface area (Å²) >= 11 is 0. The summed E-state index contributed by atoms with van der Waals surface area (Å²) in [7, 11) is 0. The van der Waals surface area contributed by atoms with Gasteiger partial charge >= 0.3 is 0 Å². The van der Waals surface area contributed by atoms with Crippen LogP contribution in [-0.2, 0) is 0 Å². The van der Waals surface area contributed by atoms with E-state index in [0.29, 0.717) is 12.1 Å². The van der Waals surface area contributed by atoms with Gasteiger partial charge in [0.25, 0.3) is 0 Å². The number of hydrogen-bond donors (Lipinski definition) is 3. The second-order valence-electron chi connectivity index (χ2n) is 3.60. The molecule has 0 aliphatic heterocycles. The fourth-order valence-electron chi connectivity index (χ4n) is 1.51. The molecule has 17 heavy (non-hydrogen) atoms. The van der Waals surface area contributed by atoms with Gasteiger partial charge in [-0.2, -0.15) is 0 Å². The zero-order valence-electron chi connectivity index (χ0n) is 9.87. The molecule has 6 nitrogen and oxygen atoms in total. The summed E-state index contributed by atoms with van der Waals surface area (Å²) in [6.07, 6.45) is 2.52. The average Bonchev–Trinajstić information content (AvgIpc) is 2.38. The highest BCUT2D eigenvalue weighted by Crippen LogP contribution is 2.11. The normalized spacial score (nSPS) is 11.5. The van der Waals surface area contributed by atoms with E-state index in [1.165, 1.54) is 0 Å². The Morgan fingerprint density at radius 2 is 2.24 bits per heavy atom. The van der Waals surface area contributed by atoms with Crippen LogP contribution in [0.25, 0.3) is 0 Å². The highest BCUT2D eigenvalue weighted by Gasteiger charge is 2.07. The van der Waals surface area contributed by atoms with Gasteiger partial charge in [-0.05, 0) is 18.6 Å². The average molecular weight is 238 g/mol. The molecule has 4 N–H and O–H groups in total. The van der Waals surface area contributed by atoms with Crippen LogP contribution < -0.4 is 10.6 Å². The van der Waals surface area contributed by atoms with Gasteiger partial charge in [0.2, 0.25) is 0 Å². The summed E-state index contributed by atoms with van der Waals surface area (Å²) in [4.78, 5) is 6.21. The number of pyridine rings is 1. The van der Waals surface area contributed by atoms with E-state index in [1.807, 2.05) is 4.90 Å². The molecule has 6 heteroatoms. The third-order valence-corrected chi connectivity index (χ3v) is 2.34. The lowest BCUT2D eigenvalue weighted by atomic mass is 10.2. The van der Waals surface area contributed by atoms with E-state index in [-0.39, 0.29) is 12.4 Å². The number of nitrogens with zero attached hydrogens (tertiary/aromatic N) is 3. The number of aliphatic hydroxyl groups is 1. The highest BCUT2D eigenvalue weighted by atomic mass is 16.4. The molecule has 1 heterocycles. The number of oxime groups is 1. The van der Waals surface area contributed by atoms with Gasteiger partial charge in [0.15, 0.2) is 5.84 Å². The van der Waals surface area contributed by atoms with Crippen LogP contribution in [0.5, 0.6) is 0 Å². The second kappa shape index (κ2) is 6.70. The maximum Gasteiger partial charge on any atom is 0.171 e. The largest absolute Gasteiger partial charge is 0.409 e. The number of anilines is 1. The van der Waals surface area contributed by atoms with Crippen LogP contribution in [0.2, 0.25) is 0 Å². The maximum atomic E-state index is 8.96. The van der Waals surface area contributed by atoms with Crippen LogP contribution in [0.3, 0.4) is 0 Å². The molecule has 0 fully saturated rings. The van der Waals surface area contributed by atoms with Crippen molar-refractivity contribution in [1.82, 2.24) is 4.98 Å². The minimum absolute atomic E-state index is 0.0354. The molecule has 1 aromatic rings. The van der Waals surface area contributed by atoms with Crippen molar-refractivity contribution in [2.75, 3.05) is 24.6 Å². The van der Waals surface area contributed by atoms with Crippen LogP contribution in [0.1, 0.15) is 18.9 Å². The molecule has 0 saturated carbocycles. The Morgan fingerprint density at radius 3 is 2.71 bits per heavy atom. The molecule has 1 aromatic heterocycles. The second-order valence-corrected chi connectivity index (χ2v) is 3.60. The lowest BCUT2D eigenvalue weighted by Gasteiger charge is -2.22. The van der Waals surface area contributed by atoms with Gasteiger partial charge in [0.05, 0.1) is 6.61 Å². The first kappa shape index (κ1) is 13.2. The first-order valence-electron chi connectivity index (χ1n) is 5.52. The van der Waals surface area contributed by atoms with E-state index in [1.54, 1.807) is 18.3 Å². The Labute approximate surface area is 100 Å². The minimum atomic E-state index is 0.0354. The molecule has 0 saturated heterocycles. The molecular weight excluding hydrogens is 220 g/mol. The number of aromatic nitrogens is 1. The Balaban J connectivity index is 2.83. The van der Waals surface area contributed by atoms with Gasteiger partial charge in [0.1, 0.15) is 5.82 Å². The zero-order valence-corrected chi connectivity index (χ0v) is 9.87. The van der Waals surface area contributed by atoms with Crippen molar-refractivity contribution in [3.8, 4) is 0 Å². The Bertz CT molecular complexity index is 358. The monoisotopic (exact) mass is 238 g/mol. The molecule has 0 aliphatic carbocycles. The molecule has 0 radical (unpaired) electrons. The molecule has 0 aliphatic rings. The summed E-state index contributed by atoms with van der Waals surface area (Å²) in [6, 6.07) is 3.52. The summed E-state index contributed by atoms with van der Waals surface area (Å²) in [5.74, 6) is 0.809. The minimum Gasteiger partial charge on any atom is -0.409 e. The molecule has 94 valence electrons. The predicted octanol–water partition coefficient (Wildman–Crippen LogP) is 0.385. The molecule has 0 spiro atoms. The first-order chi connectivity index (χ1) is 8.22. The zero-order chi connectivity index (χ0) is 12.7. The van der Waals surface area contributed by atoms with Crippen LogP contribution in [0.15, 0.2) is 23.5 Å². The number of nitrogens with two attached hydrogens (primary N) is 1. The Hall–Kier alpha value is -1.82. The fraction of sp³-hybridized carbons (Fsp3) is 0.455. The van der Waals surface area contributed by atoms with E-state index in [2.05, 4.69) is 17.1 Å². The van der Waals surface area contributed by atoms with Crippen LogP contribution >= 0.6 is 0 Å². The van der Waals surface area contributed by atoms with E-state index in [4.69, 9.17) is 16.0 Å². The van der Waals surface area contributed by atoms with Crippen molar-refractivity contribution in [2.45, 2.75) is 13.3 Å². The lowest BCUT2D eigenvalue weighted by Crippen LogP contribution is -2.28. The molecule has 0 aromatic carbocycles. The van der Waals surface area contributed by atoms with Gasteiger partial charge in [-0.25, -0.2) is 4.98 Å². The third kappa shape index (κ3) is 3.60. The van der Waals surface area contributed by atoms with Crippen LogP contribution in [-0.4, -0.2) is 40.8 Å².